The first-order chi connectivity index (χ1) is 9.67. The molecular formula is C15H20ClNO4. The molecule has 0 unspecified atom stereocenters. The summed E-state index contributed by atoms with van der Waals surface area (Å²) in [5.74, 6) is -0.825. The standard InChI is InChI=1S/C15H20ClNO4/c1-15(2,3)21-14(20)17-11-8-7-10(12(16)9-11)5-4-6-13(18)19/h7-9H,4-6H2,1-3H3,(H,17,20)(H,18,19). The normalized spacial score (nSPS) is 11.0. The molecule has 0 bridgehead atoms. The molecule has 0 heterocycles. The number of carboxylic acid groups (broad SMARTS) is 1. The zero-order chi connectivity index (χ0) is 16.0. The van der Waals surface area contributed by atoms with Gasteiger partial charge in [-0.05, 0) is 51.3 Å². The number of amides is 1. The van der Waals surface area contributed by atoms with E-state index in [1.54, 1.807) is 39.0 Å². The Bertz CT molecular complexity index is 523. The summed E-state index contributed by atoms with van der Waals surface area (Å²) in [4.78, 5) is 22.1. The van der Waals surface area contributed by atoms with Crippen LogP contribution in [0.2, 0.25) is 5.02 Å². The Hall–Kier alpha value is -1.75. The van der Waals surface area contributed by atoms with Gasteiger partial charge < -0.3 is 9.84 Å². The van der Waals surface area contributed by atoms with Gasteiger partial charge in [-0.3, -0.25) is 10.1 Å². The number of nitrogens with one attached hydrogen (secondary N) is 1. The summed E-state index contributed by atoms with van der Waals surface area (Å²) in [6.45, 7) is 5.35. The monoisotopic (exact) mass is 313 g/mol. The van der Waals surface area contributed by atoms with Crippen LogP contribution in [0.3, 0.4) is 0 Å². The van der Waals surface area contributed by atoms with Crippen molar-refractivity contribution in [3.05, 3.63) is 28.8 Å². The Kier molecular flexibility index (Phi) is 6.03. The van der Waals surface area contributed by atoms with E-state index in [4.69, 9.17) is 21.4 Å². The summed E-state index contributed by atoms with van der Waals surface area (Å²) in [5, 5.41) is 11.7. The maximum atomic E-state index is 11.6. The van der Waals surface area contributed by atoms with Crippen molar-refractivity contribution in [2.45, 2.75) is 45.6 Å². The first-order valence-electron chi connectivity index (χ1n) is 6.67. The van der Waals surface area contributed by atoms with Crippen molar-refractivity contribution in [1.29, 1.82) is 0 Å². The molecule has 0 aliphatic carbocycles. The van der Waals surface area contributed by atoms with Crippen LogP contribution >= 0.6 is 11.6 Å². The summed E-state index contributed by atoms with van der Waals surface area (Å²) in [6, 6.07) is 5.12. The van der Waals surface area contributed by atoms with Gasteiger partial charge in [0, 0.05) is 17.1 Å². The minimum atomic E-state index is -0.825. The van der Waals surface area contributed by atoms with Crippen molar-refractivity contribution in [1.82, 2.24) is 0 Å². The number of carboxylic acids is 1. The number of hydrogen-bond donors (Lipinski definition) is 2. The fraction of sp³-hybridized carbons (Fsp3) is 0.467. The van der Waals surface area contributed by atoms with Crippen molar-refractivity contribution in [3.8, 4) is 0 Å². The van der Waals surface area contributed by atoms with Crippen LogP contribution in [-0.2, 0) is 16.0 Å². The highest BCUT2D eigenvalue weighted by molar-refractivity contribution is 6.31. The second-order valence-electron chi connectivity index (χ2n) is 5.68. The lowest BCUT2D eigenvalue weighted by molar-refractivity contribution is -0.137. The van der Waals surface area contributed by atoms with Crippen LogP contribution in [-0.4, -0.2) is 22.8 Å². The van der Waals surface area contributed by atoms with Crippen LogP contribution in [0, 0.1) is 0 Å². The van der Waals surface area contributed by atoms with Gasteiger partial charge in [0.1, 0.15) is 5.60 Å². The van der Waals surface area contributed by atoms with Crippen molar-refractivity contribution in [2.75, 3.05) is 5.32 Å². The minimum Gasteiger partial charge on any atom is -0.481 e. The molecule has 116 valence electrons. The van der Waals surface area contributed by atoms with Gasteiger partial charge in [-0.25, -0.2) is 4.79 Å². The molecule has 0 spiro atoms. The van der Waals surface area contributed by atoms with Gasteiger partial charge in [0.05, 0.1) is 0 Å². The number of benzene rings is 1. The van der Waals surface area contributed by atoms with Crippen LogP contribution in [0.5, 0.6) is 0 Å². The van der Waals surface area contributed by atoms with E-state index in [1.165, 1.54) is 0 Å². The third-order valence-electron chi connectivity index (χ3n) is 2.54. The molecule has 0 saturated carbocycles. The highest BCUT2D eigenvalue weighted by Gasteiger charge is 2.16. The second-order valence-corrected chi connectivity index (χ2v) is 6.09. The van der Waals surface area contributed by atoms with Crippen LogP contribution in [0.4, 0.5) is 10.5 Å². The van der Waals surface area contributed by atoms with Crippen molar-refractivity contribution < 1.29 is 19.4 Å². The van der Waals surface area contributed by atoms with E-state index >= 15 is 0 Å². The molecule has 0 aromatic heterocycles. The van der Waals surface area contributed by atoms with E-state index in [2.05, 4.69) is 5.32 Å². The number of halogens is 1. The highest BCUT2D eigenvalue weighted by atomic mass is 35.5. The second kappa shape index (κ2) is 7.31. The van der Waals surface area contributed by atoms with Crippen molar-refractivity contribution in [2.24, 2.45) is 0 Å². The topological polar surface area (TPSA) is 75.6 Å². The first kappa shape index (κ1) is 17.3. The lowest BCUT2D eigenvalue weighted by Gasteiger charge is -2.19. The summed E-state index contributed by atoms with van der Waals surface area (Å²) in [7, 11) is 0. The summed E-state index contributed by atoms with van der Waals surface area (Å²) >= 11 is 6.12. The smallest absolute Gasteiger partial charge is 0.412 e. The zero-order valence-electron chi connectivity index (χ0n) is 12.4. The molecule has 0 saturated heterocycles. The molecule has 0 aliphatic heterocycles. The van der Waals surface area contributed by atoms with Crippen LogP contribution in [0.15, 0.2) is 18.2 Å². The maximum absolute atomic E-state index is 11.6. The van der Waals surface area contributed by atoms with Gasteiger partial charge in [0.2, 0.25) is 0 Å². The highest BCUT2D eigenvalue weighted by Crippen LogP contribution is 2.23. The lowest BCUT2D eigenvalue weighted by atomic mass is 10.1. The molecule has 0 atom stereocenters. The summed E-state index contributed by atoms with van der Waals surface area (Å²) < 4.78 is 5.14. The Morgan fingerprint density at radius 2 is 2.00 bits per heavy atom. The van der Waals surface area contributed by atoms with E-state index in [0.717, 1.165) is 5.56 Å². The third-order valence-corrected chi connectivity index (χ3v) is 2.89. The van der Waals surface area contributed by atoms with Gasteiger partial charge >= 0.3 is 12.1 Å². The number of anilines is 1. The zero-order valence-corrected chi connectivity index (χ0v) is 13.2. The van der Waals surface area contributed by atoms with E-state index in [-0.39, 0.29) is 6.42 Å². The van der Waals surface area contributed by atoms with Gasteiger partial charge in [-0.1, -0.05) is 17.7 Å². The quantitative estimate of drug-likeness (QED) is 0.858. The van der Waals surface area contributed by atoms with Crippen LogP contribution in [0.25, 0.3) is 0 Å². The number of aliphatic carboxylic acids is 1. The number of rotatable bonds is 5. The van der Waals surface area contributed by atoms with Crippen molar-refractivity contribution in [3.63, 3.8) is 0 Å². The molecule has 1 aromatic carbocycles. The number of aryl methyl sites for hydroxylation is 1. The number of carbonyl (C=O) groups excluding carboxylic acids is 1. The lowest BCUT2D eigenvalue weighted by Crippen LogP contribution is -2.27. The average Bonchev–Trinajstić information content (AvgIpc) is 2.28. The molecular weight excluding hydrogens is 294 g/mol. The van der Waals surface area contributed by atoms with E-state index in [1.807, 2.05) is 0 Å². The molecule has 0 aliphatic rings. The third kappa shape index (κ3) is 6.99. The molecule has 21 heavy (non-hydrogen) atoms. The molecule has 6 heteroatoms. The Morgan fingerprint density at radius 3 is 2.52 bits per heavy atom. The minimum absolute atomic E-state index is 0.105. The average molecular weight is 314 g/mol. The molecule has 1 aromatic rings. The molecule has 1 amide bonds. The molecule has 0 radical (unpaired) electrons. The van der Waals surface area contributed by atoms with E-state index < -0.39 is 17.7 Å². The SMILES string of the molecule is CC(C)(C)OC(=O)Nc1ccc(CCCC(=O)O)c(Cl)c1. The largest absolute Gasteiger partial charge is 0.481 e. The molecule has 0 fully saturated rings. The maximum Gasteiger partial charge on any atom is 0.412 e. The van der Waals surface area contributed by atoms with Crippen LogP contribution < -0.4 is 5.32 Å². The predicted molar refractivity (Wildman–Crippen MR) is 81.9 cm³/mol. The molecule has 2 N–H and O–H groups in total. The Balaban J connectivity index is 2.61. The van der Waals surface area contributed by atoms with E-state index in [0.29, 0.717) is 23.6 Å². The van der Waals surface area contributed by atoms with Gasteiger partial charge in [-0.15, -0.1) is 0 Å². The van der Waals surface area contributed by atoms with Crippen LogP contribution in [0.1, 0.15) is 39.2 Å². The molecule has 5 nitrogen and oxygen atoms in total. The summed E-state index contributed by atoms with van der Waals surface area (Å²) in [6.07, 6.45) is 0.664. The number of hydrogen-bond acceptors (Lipinski definition) is 3. The number of ether oxygens (including phenoxy) is 1. The number of carbonyl (C=O) groups is 2. The van der Waals surface area contributed by atoms with Gasteiger partial charge in [0.15, 0.2) is 0 Å². The fourth-order valence-electron chi connectivity index (χ4n) is 1.68. The summed E-state index contributed by atoms with van der Waals surface area (Å²) in [5.41, 5.74) is 0.828. The van der Waals surface area contributed by atoms with E-state index in [9.17, 15) is 9.59 Å². The Labute approximate surface area is 129 Å². The van der Waals surface area contributed by atoms with Crippen molar-refractivity contribution >= 4 is 29.4 Å². The fourth-order valence-corrected chi connectivity index (χ4v) is 1.95. The predicted octanol–water partition coefficient (Wildman–Crippen LogP) is 4.09. The van der Waals surface area contributed by atoms with Gasteiger partial charge in [0.25, 0.3) is 0 Å². The first-order valence-corrected chi connectivity index (χ1v) is 7.05. The molecule has 1 rings (SSSR count). The van der Waals surface area contributed by atoms with Gasteiger partial charge in [-0.2, -0.15) is 0 Å². The Morgan fingerprint density at radius 1 is 1.33 bits per heavy atom.